The van der Waals surface area contributed by atoms with Crippen LogP contribution < -0.4 is 15.5 Å². The minimum atomic E-state index is 0.478. The summed E-state index contributed by atoms with van der Waals surface area (Å²) >= 11 is 0. The van der Waals surface area contributed by atoms with E-state index in [1.54, 1.807) is 0 Å². The molecule has 0 aliphatic carbocycles. The van der Waals surface area contributed by atoms with Crippen LogP contribution in [0.15, 0.2) is 29.5 Å². The fourth-order valence-electron chi connectivity index (χ4n) is 2.85. The molecular formula is C15H23N5. The predicted octanol–water partition coefficient (Wildman–Crippen LogP) is 1.24. The summed E-state index contributed by atoms with van der Waals surface area (Å²) in [6.07, 6.45) is 6.21. The molecule has 0 radical (unpaired) electrons. The molecule has 0 aromatic carbocycles. The van der Waals surface area contributed by atoms with Crippen LogP contribution in [0, 0.1) is 5.92 Å². The number of pyridine rings is 1. The molecule has 20 heavy (non-hydrogen) atoms. The lowest BCUT2D eigenvalue weighted by atomic mass is 9.96. The van der Waals surface area contributed by atoms with E-state index in [9.17, 15) is 0 Å². The topological polar surface area (TPSA) is 52.6 Å². The SMILES string of the molecule is CC1CN=C(NCC2CCN(c3ccncc3)CC2)N1. The number of anilines is 1. The van der Waals surface area contributed by atoms with Gasteiger partial charge in [-0.1, -0.05) is 0 Å². The zero-order valence-corrected chi connectivity index (χ0v) is 12.0. The number of nitrogens with one attached hydrogen (secondary N) is 2. The van der Waals surface area contributed by atoms with Crippen LogP contribution >= 0.6 is 0 Å². The first-order chi connectivity index (χ1) is 9.81. The quantitative estimate of drug-likeness (QED) is 0.870. The minimum Gasteiger partial charge on any atom is -0.371 e. The number of aliphatic imine (C=N–C) groups is 1. The summed E-state index contributed by atoms with van der Waals surface area (Å²) in [6, 6.07) is 4.67. The van der Waals surface area contributed by atoms with Crippen molar-refractivity contribution in [3.8, 4) is 0 Å². The molecule has 3 heterocycles. The van der Waals surface area contributed by atoms with Gasteiger partial charge in [0, 0.05) is 43.8 Å². The fraction of sp³-hybridized carbons (Fsp3) is 0.600. The van der Waals surface area contributed by atoms with Crippen molar-refractivity contribution in [2.24, 2.45) is 10.9 Å². The van der Waals surface area contributed by atoms with Gasteiger partial charge >= 0.3 is 0 Å². The van der Waals surface area contributed by atoms with Crippen LogP contribution in [-0.2, 0) is 0 Å². The molecule has 2 N–H and O–H groups in total. The van der Waals surface area contributed by atoms with Crippen molar-refractivity contribution >= 4 is 11.6 Å². The number of guanidine groups is 1. The zero-order chi connectivity index (χ0) is 13.8. The summed E-state index contributed by atoms with van der Waals surface area (Å²) in [4.78, 5) is 11.0. The van der Waals surface area contributed by atoms with Gasteiger partial charge in [-0.2, -0.15) is 0 Å². The Balaban J connectivity index is 1.42. The van der Waals surface area contributed by atoms with Crippen LogP contribution in [0.3, 0.4) is 0 Å². The number of rotatable bonds is 3. The maximum atomic E-state index is 4.44. The highest BCUT2D eigenvalue weighted by Crippen LogP contribution is 2.22. The van der Waals surface area contributed by atoms with Crippen molar-refractivity contribution in [1.82, 2.24) is 15.6 Å². The molecule has 2 aliphatic rings. The first-order valence-corrected chi connectivity index (χ1v) is 7.51. The van der Waals surface area contributed by atoms with E-state index in [1.165, 1.54) is 18.5 Å². The van der Waals surface area contributed by atoms with Crippen molar-refractivity contribution in [3.63, 3.8) is 0 Å². The van der Waals surface area contributed by atoms with Crippen LogP contribution in [-0.4, -0.2) is 43.2 Å². The standard InChI is InChI=1S/C15H23N5/c1-12-10-17-15(19-12)18-11-13-4-8-20(9-5-13)14-2-6-16-7-3-14/h2-3,6-7,12-13H,4-5,8-11H2,1H3,(H2,17,18,19). The van der Waals surface area contributed by atoms with E-state index in [1.807, 2.05) is 12.4 Å². The third-order valence-electron chi connectivity index (χ3n) is 4.11. The lowest BCUT2D eigenvalue weighted by molar-refractivity contribution is 0.401. The maximum absolute atomic E-state index is 4.44. The zero-order valence-electron chi connectivity index (χ0n) is 12.0. The van der Waals surface area contributed by atoms with Gasteiger partial charge in [-0.05, 0) is 37.8 Å². The Labute approximate surface area is 120 Å². The molecule has 0 bridgehead atoms. The molecule has 108 valence electrons. The average molecular weight is 273 g/mol. The van der Waals surface area contributed by atoms with E-state index >= 15 is 0 Å². The van der Waals surface area contributed by atoms with Crippen LogP contribution in [0.25, 0.3) is 0 Å². The Bertz CT molecular complexity index is 451. The highest BCUT2D eigenvalue weighted by atomic mass is 15.2. The van der Waals surface area contributed by atoms with E-state index in [0.717, 1.165) is 38.1 Å². The lowest BCUT2D eigenvalue weighted by Gasteiger charge is -2.33. The number of hydrogen-bond donors (Lipinski definition) is 2. The highest BCUT2D eigenvalue weighted by Gasteiger charge is 2.20. The second kappa shape index (κ2) is 6.11. The van der Waals surface area contributed by atoms with Gasteiger partial charge in [0.1, 0.15) is 0 Å². The number of aromatic nitrogens is 1. The minimum absolute atomic E-state index is 0.478. The van der Waals surface area contributed by atoms with Gasteiger partial charge < -0.3 is 15.5 Å². The molecular weight excluding hydrogens is 250 g/mol. The van der Waals surface area contributed by atoms with Crippen molar-refractivity contribution in [3.05, 3.63) is 24.5 Å². The second-order valence-corrected chi connectivity index (χ2v) is 5.75. The Morgan fingerprint density at radius 1 is 1.30 bits per heavy atom. The molecule has 0 amide bonds. The van der Waals surface area contributed by atoms with E-state index in [-0.39, 0.29) is 0 Å². The monoisotopic (exact) mass is 273 g/mol. The highest BCUT2D eigenvalue weighted by molar-refractivity contribution is 5.81. The number of hydrogen-bond acceptors (Lipinski definition) is 5. The van der Waals surface area contributed by atoms with Crippen LogP contribution in [0.2, 0.25) is 0 Å². The molecule has 0 saturated carbocycles. The van der Waals surface area contributed by atoms with Crippen molar-refractivity contribution in [1.29, 1.82) is 0 Å². The Morgan fingerprint density at radius 3 is 2.70 bits per heavy atom. The van der Waals surface area contributed by atoms with Gasteiger partial charge in [0.05, 0.1) is 6.54 Å². The number of piperidine rings is 1. The Hall–Kier alpha value is -1.78. The first kappa shape index (κ1) is 13.2. The third kappa shape index (κ3) is 3.21. The molecule has 3 rings (SSSR count). The van der Waals surface area contributed by atoms with Gasteiger partial charge in [0.25, 0.3) is 0 Å². The normalized spacial score (nSPS) is 23.4. The Kier molecular flexibility index (Phi) is 4.04. The van der Waals surface area contributed by atoms with E-state index in [4.69, 9.17) is 0 Å². The maximum Gasteiger partial charge on any atom is 0.191 e. The molecule has 1 unspecified atom stereocenters. The summed E-state index contributed by atoms with van der Waals surface area (Å²) in [6.45, 7) is 6.34. The van der Waals surface area contributed by atoms with Gasteiger partial charge in [-0.3, -0.25) is 9.98 Å². The van der Waals surface area contributed by atoms with Gasteiger partial charge in [-0.25, -0.2) is 0 Å². The molecule has 1 aromatic rings. The van der Waals surface area contributed by atoms with Crippen LogP contribution in [0.5, 0.6) is 0 Å². The van der Waals surface area contributed by atoms with Gasteiger partial charge in [0.15, 0.2) is 5.96 Å². The molecule has 2 aliphatic heterocycles. The molecule has 1 saturated heterocycles. The van der Waals surface area contributed by atoms with E-state index < -0.39 is 0 Å². The average Bonchev–Trinajstić information content (AvgIpc) is 2.92. The second-order valence-electron chi connectivity index (χ2n) is 5.75. The summed E-state index contributed by atoms with van der Waals surface area (Å²) in [5.41, 5.74) is 1.29. The van der Waals surface area contributed by atoms with Crippen LogP contribution in [0.1, 0.15) is 19.8 Å². The summed E-state index contributed by atoms with van der Waals surface area (Å²) in [7, 11) is 0. The first-order valence-electron chi connectivity index (χ1n) is 7.51. The molecule has 1 fully saturated rings. The summed E-state index contributed by atoms with van der Waals surface area (Å²) in [5, 5.41) is 6.80. The predicted molar refractivity (Wildman–Crippen MR) is 82.1 cm³/mol. The summed E-state index contributed by atoms with van der Waals surface area (Å²) < 4.78 is 0. The third-order valence-corrected chi connectivity index (χ3v) is 4.11. The van der Waals surface area contributed by atoms with Gasteiger partial charge in [0.2, 0.25) is 0 Å². The number of nitrogens with zero attached hydrogens (tertiary/aromatic N) is 3. The molecule has 5 nitrogen and oxygen atoms in total. The fourth-order valence-corrected chi connectivity index (χ4v) is 2.85. The van der Waals surface area contributed by atoms with E-state index in [0.29, 0.717) is 6.04 Å². The van der Waals surface area contributed by atoms with Crippen molar-refractivity contribution in [2.75, 3.05) is 31.1 Å². The Morgan fingerprint density at radius 2 is 2.05 bits per heavy atom. The smallest absolute Gasteiger partial charge is 0.191 e. The van der Waals surface area contributed by atoms with Crippen LogP contribution in [0.4, 0.5) is 5.69 Å². The molecule has 1 aromatic heterocycles. The molecule has 0 spiro atoms. The van der Waals surface area contributed by atoms with E-state index in [2.05, 4.69) is 44.6 Å². The molecule has 1 atom stereocenters. The largest absolute Gasteiger partial charge is 0.371 e. The van der Waals surface area contributed by atoms with Crippen molar-refractivity contribution in [2.45, 2.75) is 25.8 Å². The summed E-state index contributed by atoms with van der Waals surface area (Å²) in [5.74, 6) is 1.72. The van der Waals surface area contributed by atoms with Crippen molar-refractivity contribution < 1.29 is 0 Å². The molecule has 5 heteroatoms. The van der Waals surface area contributed by atoms with Gasteiger partial charge in [-0.15, -0.1) is 0 Å². The lowest BCUT2D eigenvalue weighted by Crippen LogP contribution is -2.42.